The summed E-state index contributed by atoms with van der Waals surface area (Å²) in [5.41, 5.74) is 1.99. The molecule has 0 saturated carbocycles. The summed E-state index contributed by atoms with van der Waals surface area (Å²) >= 11 is 0. The second kappa shape index (κ2) is 9.10. The molecule has 1 aliphatic rings. The molecular weight excluding hydrogens is 510 g/mol. The van der Waals surface area contributed by atoms with Crippen LogP contribution < -0.4 is 0 Å². The first kappa shape index (κ1) is 24.4. The third-order valence-electron chi connectivity index (χ3n) is 7.20. The van der Waals surface area contributed by atoms with Crippen molar-refractivity contribution in [3.63, 3.8) is 0 Å². The number of hydrogen-bond acceptors (Lipinski definition) is 5. The Morgan fingerprint density at radius 1 is 1.03 bits per heavy atom. The van der Waals surface area contributed by atoms with Crippen LogP contribution in [0.2, 0.25) is 0 Å². The van der Waals surface area contributed by atoms with Gasteiger partial charge < -0.3 is 0 Å². The molecule has 2 aromatic heterocycles. The Balaban J connectivity index is 1.44. The highest BCUT2D eigenvalue weighted by Crippen LogP contribution is 2.42. The minimum Gasteiger partial charge on any atom is -0.274 e. The molecule has 3 heterocycles. The predicted molar refractivity (Wildman–Crippen MR) is 137 cm³/mol. The minimum atomic E-state index is -3.82. The normalized spacial score (nSPS) is 18.4. The van der Waals surface area contributed by atoms with Crippen LogP contribution in [0.1, 0.15) is 17.5 Å². The Morgan fingerprint density at radius 3 is 2.50 bits per heavy atom. The SMILES string of the molecule is Cn1cc(S(=O)(=O)N2CCC(Cc3ccccc3)(c3cc4nnn(-c5ccc(F)cc5)c4cc3F)C2)cn1. The molecule has 1 saturated heterocycles. The van der Waals surface area contributed by atoms with Crippen molar-refractivity contribution in [3.8, 4) is 5.69 Å². The van der Waals surface area contributed by atoms with E-state index in [0.717, 1.165) is 5.56 Å². The molecule has 0 spiro atoms. The monoisotopic (exact) mass is 534 g/mol. The van der Waals surface area contributed by atoms with Crippen molar-refractivity contribution >= 4 is 21.1 Å². The predicted octanol–water partition coefficient (Wildman–Crippen LogP) is 4.01. The van der Waals surface area contributed by atoms with Crippen LogP contribution in [0.5, 0.6) is 0 Å². The lowest BCUT2D eigenvalue weighted by atomic mass is 9.74. The Bertz CT molecular complexity index is 1730. The molecule has 1 unspecified atom stereocenters. The summed E-state index contributed by atoms with van der Waals surface area (Å²) < 4.78 is 60.6. The molecule has 0 aliphatic carbocycles. The summed E-state index contributed by atoms with van der Waals surface area (Å²) in [6.45, 7) is 0.345. The maximum atomic E-state index is 16.0. The fourth-order valence-corrected chi connectivity index (χ4v) is 6.80. The molecule has 38 heavy (non-hydrogen) atoms. The first-order valence-corrected chi connectivity index (χ1v) is 13.5. The van der Waals surface area contributed by atoms with E-state index < -0.39 is 21.3 Å². The summed E-state index contributed by atoms with van der Waals surface area (Å²) in [5.74, 6) is -0.860. The number of fused-ring (bicyclic) bond motifs is 1. The van der Waals surface area contributed by atoms with E-state index in [1.807, 2.05) is 30.3 Å². The fourth-order valence-electron chi connectivity index (χ4n) is 5.29. The largest absolute Gasteiger partial charge is 0.274 e. The molecule has 5 aromatic rings. The van der Waals surface area contributed by atoms with E-state index in [1.54, 1.807) is 25.2 Å². The van der Waals surface area contributed by atoms with Crippen LogP contribution >= 0.6 is 0 Å². The van der Waals surface area contributed by atoms with E-state index in [4.69, 9.17) is 0 Å². The number of halogens is 2. The molecular formula is C27H24F2N6O2S. The highest BCUT2D eigenvalue weighted by Gasteiger charge is 2.46. The van der Waals surface area contributed by atoms with E-state index >= 15 is 4.39 Å². The van der Waals surface area contributed by atoms with Gasteiger partial charge in [0.05, 0.1) is 17.4 Å². The lowest BCUT2D eigenvalue weighted by Gasteiger charge is -2.30. The maximum Gasteiger partial charge on any atom is 0.246 e. The van der Waals surface area contributed by atoms with E-state index in [1.165, 1.54) is 44.3 Å². The van der Waals surface area contributed by atoms with Gasteiger partial charge in [-0.05, 0) is 54.3 Å². The van der Waals surface area contributed by atoms with Crippen molar-refractivity contribution in [1.82, 2.24) is 29.1 Å². The topological polar surface area (TPSA) is 85.9 Å². The molecule has 0 amide bonds. The van der Waals surface area contributed by atoms with Gasteiger partial charge in [0.25, 0.3) is 0 Å². The summed E-state index contributed by atoms with van der Waals surface area (Å²) in [6, 6.07) is 18.4. The number of sulfonamides is 1. The van der Waals surface area contributed by atoms with Crippen LogP contribution in [0.25, 0.3) is 16.7 Å². The Morgan fingerprint density at radius 2 is 1.79 bits per heavy atom. The summed E-state index contributed by atoms with van der Waals surface area (Å²) in [6.07, 6.45) is 3.66. The summed E-state index contributed by atoms with van der Waals surface area (Å²) in [4.78, 5) is 0.105. The maximum absolute atomic E-state index is 16.0. The van der Waals surface area contributed by atoms with Gasteiger partial charge in [-0.25, -0.2) is 21.9 Å². The molecule has 3 aromatic carbocycles. The number of nitrogens with zero attached hydrogens (tertiary/aromatic N) is 6. The molecule has 0 radical (unpaired) electrons. The zero-order chi connectivity index (χ0) is 26.5. The van der Waals surface area contributed by atoms with Crippen LogP contribution in [0.3, 0.4) is 0 Å². The smallest absolute Gasteiger partial charge is 0.246 e. The number of benzene rings is 3. The molecule has 8 nitrogen and oxygen atoms in total. The van der Waals surface area contributed by atoms with Crippen LogP contribution in [0.4, 0.5) is 8.78 Å². The quantitative estimate of drug-likeness (QED) is 0.329. The average Bonchev–Trinajstić information content (AvgIpc) is 3.64. The van der Waals surface area contributed by atoms with Crippen molar-refractivity contribution in [2.75, 3.05) is 13.1 Å². The van der Waals surface area contributed by atoms with Gasteiger partial charge in [-0.1, -0.05) is 35.5 Å². The van der Waals surface area contributed by atoms with Crippen molar-refractivity contribution in [2.45, 2.75) is 23.2 Å². The highest BCUT2D eigenvalue weighted by atomic mass is 32.2. The molecule has 0 N–H and O–H groups in total. The number of aryl methyl sites for hydroxylation is 1. The lowest BCUT2D eigenvalue weighted by Crippen LogP contribution is -2.36. The van der Waals surface area contributed by atoms with Crippen LogP contribution in [0, 0.1) is 11.6 Å². The van der Waals surface area contributed by atoms with Gasteiger partial charge in [-0.3, -0.25) is 4.68 Å². The van der Waals surface area contributed by atoms with Gasteiger partial charge in [0.1, 0.15) is 22.0 Å². The van der Waals surface area contributed by atoms with Crippen LogP contribution in [-0.2, 0) is 28.9 Å². The third kappa shape index (κ3) is 4.17. The minimum absolute atomic E-state index is 0.105. The average molecular weight is 535 g/mol. The van der Waals surface area contributed by atoms with Gasteiger partial charge in [0.15, 0.2) is 0 Å². The van der Waals surface area contributed by atoms with Crippen LogP contribution in [0.15, 0.2) is 84.0 Å². The lowest BCUT2D eigenvalue weighted by molar-refractivity contribution is 0.400. The molecule has 1 aliphatic heterocycles. The number of rotatable bonds is 6. The van der Waals surface area contributed by atoms with Crippen molar-refractivity contribution < 1.29 is 17.2 Å². The first-order valence-electron chi connectivity index (χ1n) is 12.1. The van der Waals surface area contributed by atoms with Gasteiger partial charge in [-0.2, -0.15) is 9.40 Å². The highest BCUT2D eigenvalue weighted by molar-refractivity contribution is 7.89. The van der Waals surface area contributed by atoms with E-state index in [-0.39, 0.29) is 23.8 Å². The molecule has 194 valence electrons. The zero-order valence-corrected chi connectivity index (χ0v) is 21.3. The van der Waals surface area contributed by atoms with Gasteiger partial charge in [-0.15, -0.1) is 5.10 Å². The summed E-state index contributed by atoms with van der Waals surface area (Å²) in [7, 11) is -2.16. The number of hydrogen-bond donors (Lipinski definition) is 0. The molecule has 1 fully saturated rings. The Kier molecular flexibility index (Phi) is 5.84. The second-order valence-electron chi connectivity index (χ2n) is 9.68. The van der Waals surface area contributed by atoms with Crippen LogP contribution in [-0.4, -0.2) is 50.6 Å². The van der Waals surface area contributed by atoms with E-state index in [2.05, 4.69) is 15.4 Å². The fraction of sp³-hybridized carbons (Fsp3) is 0.222. The molecule has 0 bridgehead atoms. The third-order valence-corrected chi connectivity index (χ3v) is 9.00. The second-order valence-corrected chi connectivity index (χ2v) is 11.6. The van der Waals surface area contributed by atoms with Gasteiger partial charge >= 0.3 is 0 Å². The van der Waals surface area contributed by atoms with Gasteiger partial charge in [0, 0.05) is 37.8 Å². The van der Waals surface area contributed by atoms with E-state index in [9.17, 15) is 12.8 Å². The van der Waals surface area contributed by atoms with Crippen molar-refractivity contribution in [3.05, 3.63) is 102 Å². The summed E-state index contributed by atoms with van der Waals surface area (Å²) in [5, 5.41) is 12.4. The molecule has 6 rings (SSSR count). The first-order chi connectivity index (χ1) is 18.2. The van der Waals surface area contributed by atoms with Gasteiger partial charge in [0.2, 0.25) is 10.0 Å². The van der Waals surface area contributed by atoms with Crippen molar-refractivity contribution in [1.29, 1.82) is 0 Å². The van der Waals surface area contributed by atoms with Crippen molar-refractivity contribution in [2.24, 2.45) is 7.05 Å². The van der Waals surface area contributed by atoms with E-state index in [0.29, 0.717) is 35.1 Å². The molecule has 1 atom stereocenters. The molecule has 11 heteroatoms. The zero-order valence-electron chi connectivity index (χ0n) is 20.5. The Hall–Kier alpha value is -3.96. The Labute approximate surface area is 218 Å². The number of aromatic nitrogens is 5. The standard InChI is InChI=1S/C27H24F2N6O2S/c1-33-17-22(16-30-33)38(36,37)34-12-11-27(18-34,15-19-5-3-2-4-6-19)23-13-25-26(14-24(23)29)35(32-31-25)21-9-7-20(28)8-10-21/h2-10,13-14,16-17H,11-12,15,18H2,1H3.